The van der Waals surface area contributed by atoms with Gasteiger partial charge in [-0.05, 0) is 17.2 Å². The average Bonchev–Trinajstić information content (AvgIpc) is 2.88. The molecular formula is C30H24O5. The summed E-state index contributed by atoms with van der Waals surface area (Å²) < 4.78 is 5.71. The van der Waals surface area contributed by atoms with Crippen LogP contribution in [0.1, 0.15) is 44.4 Å². The molecule has 0 spiro atoms. The van der Waals surface area contributed by atoms with Crippen LogP contribution in [0.15, 0.2) is 109 Å². The lowest BCUT2D eigenvalue weighted by Gasteiger charge is -2.26. The van der Waals surface area contributed by atoms with Crippen molar-refractivity contribution < 1.29 is 24.5 Å². The molecular weight excluding hydrogens is 440 g/mol. The first-order chi connectivity index (χ1) is 17.0. The van der Waals surface area contributed by atoms with E-state index < -0.39 is 0 Å². The molecule has 4 aromatic carbocycles. The number of rotatable bonds is 4. The fourth-order valence-corrected chi connectivity index (χ4v) is 3.71. The third-order valence-corrected chi connectivity index (χ3v) is 5.44. The Morgan fingerprint density at radius 1 is 0.829 bits per heavy atom. The lowest BCUT2D eigenvalue weighted by molar-refractivity contribution is 0.0844. The summed E-state index contributed by atoms with van der Waals surface area (Å²) in [5.74, 6) is -0.302. The minimum Gasteiger partial charge on any atom is -0.508 e. The Balaban J connectivity index is 0.000000168. The van der Waals surface area contributed by atoms with E-state index in [2.05, 4.69) is 0 Å². The monoisotopic (exact) mass is 464 g/mol. The smallest absolute Gasteiger partial charge is 0.185 e. The summed E-state index contributed by atoms with van der Waals surface area (Å²) in [5, 5.41) is 19.2. The van der Waals surface area contributed by atoms with Gasteiger partial charge in [0.05, 0.1) is 6.42 Å². The van der Waals surface area contributed by atoms with Crippen molar-refractivity contribution in [3.05, 3.63) is 131 Å². The Labute approximate surface area is 203 Å². The van der Waals surface area contributed by atoms with E-state index in [-0.39, 0.29) is 46.9 Å². The molecule has 0 radical (unpaired) electrons. The van der Waals surface area contributed by atoms with Gasteiger partial charge in [-0.3, -0.25) is 9.59 Å². The predicted octanol–water partition coefficient (Wildman–Crippen LogP) is 6.39. The molecule has 5 rings (SSSR count). The summed E-state index contributed by atoms with van der Waals surface area (Å²) in [6.45, 7) is 0. The second-order valence-electron chi connectivity index (χ2n) is 7.96. The number of phenolic OH excluding ortho intramolecular Hbond substituents is 2. The second kappa shape index (κ2) is 11.0. The summed E-state index contributed by atoms with van der Waals surface area (Å²) in [6, 6.07) is 30.9. The van der Waals surface area contributed by atoms with E-state index in [0.717, 1.165) is 22.8 Å². The SMILES string of the molecule is O=C(C=Cc1ccccc1)c1ccccc1.O=C1CC(c2ccccc2)Oc2cc(O)cc(O)c21. The number of phenols is 2. The molecule has 0 fully saturated rings. The van der Waals surface area contributed by atoms with Gasteiger partial charge in [0.1, 0.15) is 28.9 Å². The normalized spacial score (nSPS) is 14.4. The number of hydrogen-bond donors (Lipinski definition) is 2. The third kappa shape index (κ3) is 6.03. The molecule has 0 amide bonds. The number of carbonyl (C=O) groups excluding carboxylic acids is 2. The third-order valence-electron chi connectivity index (χ3n) is 5.44. The number of aromatic hydroxyl groups is 2. The quantitative estimate of drug-likeness (QED) is 0.270. The van der Waals surface area contributed by atoms with E-state index in [9.17, 15) is 19.8 Å². The van der Waals surface area contributed by atoms with Crippen LogP contribution >= 0.6 is 0 Å². The molecule has 4 aromatic rings. The van der Waals surface area contributed by atoms with Gasteiger partial charge < -0.3 is 14.9 Å². The molecule has 0 aliphatic carbocycles. The van der Waals surface area contributed by atoms with Gasteiger partial charge in [0.25, 0.3) is 0 Å². The van der Waals surface area contributed by atoms with E-state index >= 15 is 0 Å². The minimum absolute atomic E-state index is 0.0319. The van der Waals surface area contributed by atoms with Crippen LogP contribution in [0.25, 0.3) is 6.08 Å². The van der Waals surface area contributed by atoms with Crippen molar-refractivity contribution in [3.63, 3.8) is 0 Å². The van der Waals surface area contributed by atoms with Crippen LogP contribution in [0.3, 0.4) is 0 Å². The lowest BCUT2D eigenvalue weighted by Crippen LogP contribution is -2.20. The fraction of sp³-hybridized carbons (Fsp3) is 0.0667. The van der Waals surface area contributed by atoms with Crippen molar-refractivity contribution in [3.8, 4) is 17.2 Å². The lowest BCUT2D eigenvalue weighted by atomic mass is 9.95. The van der Waals surface area contributed by atoms with Crippen molar-refractivity contribution in [1.82, 2.24) is 0 Å². The van der Waals surface area contributed by atoms with Gasteiger partial charge in [0.15, 0.2) is 11.6 Å². The van der Waals surface area contributed by atoms with Crippen LogP contribution in [0.4, 0.5) is 0 Å². The molecule has 5 heteroatoms. The first-order valence-electron chi connectivity index (χ1n) is 11.1. The van der Waals surface area contributed by atoms with E-state index in [1.165, 1.54) is 6.07 Å². The molecule has 0 saturated heterocycles. The number of Topliss-reactive ketones (excluding diaryl/α,β-unsaturated/α-hetero) is 1. The van der Waals surface area contributed by atoms with Crippen LogP contribution in [-0.4, -0.2) is 21.8 Å². The van der Waals surface area contributed by atoms with Gasteiger partial charge in [-0.1, -0.05) is 97.1 Å². The zero-order chi connectivity index (χ0) is 24.6. The number of carbonyl (C=O) groups is 2. The van der Waals surface area contributed by atoms with Crippen LogP contribution in [-0.2, 0) is 0 Å². The average molecular weight is 465 g/mol. The van der Waals surface area contributed by atoms with Gasteiger partial charge in [-0.25, -0.2) is 0 Å². The zero-order valence-corrected chi connectivity index (χ0v) is 18.9. The van der Waals surface area contributed by atoms with Gasteiger partial charge in [-0.15, -0.1) is 0 Å². The first-order valence-corrected chi connectivity index (χ1v) is 11.1. The highest BCUT2D eigenvalue weighted by Crippen LogP contribution is 2.41. The Bertz CT molecular complexity index is 1330. The number of benzene rings is 4. The molecule has 174 valence electrons. The summed E-state index contributed by atoms with van der Waals surface area (Å²) in [5.41, 5.74) is 2.79. The number of allylic oxidation sites excluding steroid dienone is 1. The van der Waals surface area contributed by atoms with Crippen LogP contribution in [0, 0.1) is 0 Å². The zero-order valence-electron chi connectivity index (χ0n) is 18.9. The standard InChI is InChI=1S/C15H12O4.C15H12O/c16-10-6-11(17)15-12(18)8-13(19-14(15)7-10)9-4-2-1-3-5-9;16-15(14-9-5-2-6-10-14)12-11-13-7-3-1-4-8-13/h1-7,13,16-17H,8H2;1-12H. The highest BCUT2D eigenvalue weighted by molar-refractivity contribution is 6.06. The maximum Gasteiger partial charge on any atom is 0.185 e. The van der Waals surface area contributed by atoms with Gasteiger partial charge in [-0.2, -0.15) is 0 Å². The van der Waals surface area contributed by atoms with Crippen molar-refractivity contribution in [1.29, 1.82) is 0 Å². The highest BCUT2D eigenvalue weighted by Gasteiger charge is 2.30. The molecule has 2 N–H and O–H groups in total. The predicted molar refractivity (Wildman–Crippen MR) is 135 cm³/mol. The molecule has 0 bridgehead atoms. The van der Waals surface area contributed by atoms with Gasteiger partial charge >= 0.3 is 0 Å². The van der Waals surface area contributed by atoms with E-state index in [0.29, 0.717) is 0 Å². The molecule has 35 heavy (non-hydrogen) atoms. The number of fused-ring (bicyclic) bond motifs is 1. The topological polar surface area (TPSA) is 83.8 Å². The Morgan fingerprint density at radius 3 is 2.09 bits per heavy atom. The molecule has 1 atom stereocenters. The highest BCUT2D eigenvalue weighted by atomic mass is 16.5. The maximum atomic E-state index is 12.1. The van der Waals surface area contributed by atoms with Gasteiger partial charge in [0, 0.05) is 17.7 Å². The molecule has 1 unspecified atom stereocenters. The summed E-state index contributed by atoms with van der Waals surface area (Å²) in [7, 11) is 0. The Morgan fingerprint density at radius 2 is 1.43 bits per heavy atom. The van der Waals surface area contributed by atoms with Crippen LogP contribution in [0.2, 0.25) is 0 Å². The van der Waals surface area contributed by atoms with Crippen molar-refractivity contribution in [2.24, 2.45) is 0 Å². The number of ether oxygens (including phenoxy) is 1. The van der Waals surface area contributed by atoms with Crippen LogP contribution < -0.4 is 4.74 Å². The molecule has 5 nitrogen and oxygen atoms in total. The maximum absolute atomic E-state index is 12.1. The summed E-state index contributed by atoms with van der Waals surface area (Å²) in [6.07, 6.45) is 3.22. The first kappa shape index (κ1) is 23.5. The Kier molecular flexibility index (Phi) is 7.38. The Hall–Kier alpha value is -4.64. The van der Waals surface area contributed by atoms with Gasteiger partial charge in [0.2, 0.25) is 0 Å². The van der Waals surface area contributed by atoms with Crippen LogP contribution in [0.5, 0.6) is 17.2 Å². The van der Waals surface area contributed by atoms with Crippen molar-refractivity contribution >= 4 is 17.6 Å². The van der Waals surface area contributed by atoms with E-state index in [1.807, 2.05) is 97.1 Å². The fourth-order valence-electron chi connectivity index (χ4n) is 3.71. The van der Waals surface area contributed by atoms with Crippen molar-refractivity contribution in [2.75, 3.05) is 0 Å². The minimum atomic E-state index is -0.387. The van der Waals surface area contributed by atoms with Crippen molar-refractivity contribution in [2.45, 2.75) is 12.5 Å². The molecule has 1 aliphatic rings. The summed E-state index contributed by atoms with van der Waals surface area (Å²) >= 11 is 0. The summed E-state index contributed by atoms with van der Waals surface area (Å²) in [4.78, 5) is 23.8. The van der Waals surface area contributed by atoms with E-state index in [4.69, 9.17) is 4.74 Å². The number of hydrogen-bond acceptors (Lipinski definition) is 5. The largest absolute Gasteiger partial charge is 0.508 e. The molecule has 1 heterocycles. The molecule has 1 aliphatic heterocycles. The molecule has 0 saturated carbocycles. The van der Waals surface area contributed by atoms with E-state index in [1.54, 1.807) is 6.08 Å². The second-order valence-corrected chi connectivity index (χ2v) is 7.96. The molecule has 0 aromatic heterocycles. The number of ketones is 2.